The Morgan fingerprint density at radius 1 is 1.16 bits per heavy atom. The summed E-state index contributed by atoms with van der Waals surface area (Å²) in [5.41, 5.74) is 0.319. The number of sulfonamides is 1. The van der Waals surface area contributed by atoms with Gasteiger partial charge in [-0.25, -0.2) is 12.7 Å². The monoisotopic (exact) mass is 618 g/mol. The van der Waals surface area contributed by atoms with Gasteiger partial charge in [-0.2, -0.15) is 0 Å². The van der Waals surface area contributed by atoms with Crippen molar-refractivity contribution in [3.05, 3.63) is 59.3 Å². The van der Waals surface area contributed by atoms with Gasteiger partial charge in [-0.3, -0.25) is 9.59 Å². The zero-order valence-corrected chi connectivity index (χ0v) is 27.7. The number of likely N-dealkylation sites (N-methyl/N-ethyl adjacent to an activating group) is 1. The molecule has 2 fully saturated rings. The van der Waals surface area contributed by atoms with E-state index in [0.29, 0.717) is 44.5 Å². The van der Waals surface area contributed by atoms with Crippen LogP contribution >= 0.6 is 0 Å². The van der Waals surface area contributed by atoms with Crippen LogP contribution in [-0.4, -0.2) is 89.0 Å². The van der Waals surface area contributed by atoms with E-state index in [1.165, 1.54) is 31.6 Å². The summed E-state index contributed by atoms with van der Waals surface area (Å²) in [7, 11) is 1.06. The summed E-state index contributed by atoms with van der Waals surface area (Å²) < 4.78 is 44.8. The van der Waals surface area contributed by atoms with Crippen LogP contribution in [0, 0.1) is 16.7 Å². The molecule has 10 heteroatoms. The lowest BCUT2D eigenvalue weighted by atomic mass is 9.64. The van der Waals surface area contributed by atoms with Crippen LogP contribution in [0.4, 0.5) is 0 Å². The first-order chi connectivity index (χ1) is 20.2. The Labute approximate surface area is 258 Å². The molecule has 0 aromatic carbocycles. The van der Waals surface area contributed by atoms with Crippen molar-refractivity contribution < 1.29 is 32.2 Å². The Morgan fingerprint density at radius 2 is 1.84 bits per heavy atom. The average Bonchev–Trinajstić information content (AvgIpc) is 3.16. The van der Waals surface area contributed by atoms with Crippen molar-refractivity contribution in [1.29, 1.82) is 0 Å². The van der Waals surface area contributed by atoms with Crippen molar-refractivity contribution in [2.24, 2.45) is 16.7 Å². The first-order valence-electron chi connectivity index (χ1n) is 15.1. The molecule has 2 unspecified atom stereocenters. The van der Waals surface area contributed by atoms with Crippen LogP contribution in [0.5, 0.6) is 0 Å². The molecule has 2 aliphatic carbocycles. The number of hydrogen-bond acceptors (Lipinski definition) is 8. The molecule has 0 aromatic heterocycles. The first-order valence-corrected chi connectivity index (χ1v) is 16.6. The second-order valence-corrected chi connectivity index (χ2v) is 14.8. The molecule has 0 N–H and O–H groups in total. The zero-order chi connectivity index (χ0) is 31.8. The number of ether oxygens (including phenoxy) is 3. The number of rotatable bonds is 14. The molecular formula is C33H50N2O7S. The number of carbonyl (C=O) groups excluding carboxylic acids is 2. The lowest BCUT2D eigenvalue weighted by Gasteiger charge is -2.39. The van der Waals surface area contributed by atoms with Gasteiger partial charge >= 0.3 is 0 Å². The number of hydrogen-bond donors (Lipinski definition) is 0. The van der Waals surface area contributed by atoms with Crippen molar-refractivity contribution in [2.45, 2.75) is 71.9 Å². The van der Waals surface area contributed by atoms with Gasteiger partial charge in [0.05, 0.1) is 49.6 Å². The third-order valence-corrected chi connectivity index (χ3v) is 9.89. The van der Waals surface area contributed by atoms with Gasteiger partial charge in [-0.1, -0.05) is 50.6 Å². The summed E-state index contributed by atoms with van der Waals surface area (Å²) in [5, 5.41) is 1.03. The predicted molar refractivity (Wildman–Crippen MR) is 168 cm³/mol. The Hall–Kier alpha value is -2.53. The summed E-state index contributed by atoms with van der Waals surface area (Å²) in [6.07, 6.45) is 14.3. The Balaban J connectivity index is 1.78. The van der Waals surface area contributed by atoms with E-state index in [1.54, 1.807) is 7.11 Å². The van der Waals surface area contributed by atoms with Gasteiger partial charge in [0.2, 0.25) is 5.91 Å². The molecule has 0 radical (unpaired) electrons. The lowest BCUT2D eigenvalue weighted by molar-refractivity contribution is -0.136. The van der Waals surface area contributed by atoms with Crippen LogP contribution in [-0.2, 0) is 33.8 Å². The molecule has 43 heavy (non-hydrogen) atoms. The molecule has 0 bridgehead atoms. The number of fused-ring (bicyclic) bond motifs is 2. The summed E-state index contributed by atoms with van der Waals surface area (Å²) in [6.45, 7) is 10.8. The molecule has 1 amide bonds. The lowest BCUT2D eigenvalue weighted by Crippen LogP contribution is -2.42. The van der Waals surface area contributed by atoms with Crippen molar-refractivity contribution in [2.75, 3.05) is 47.6 Å². The fourth-order valence-electron chi connectivity index (χ4n) is 6.13. The van der Waals surface area contributed by atoms with E-state index < -0.39 is 21.5 Å². The Kier molecular flexibility index (Phi) is 12.2. The molecule has 1 saturated heterocycles. The molecule has 1 aliphatic heterocycles. The molecule has 3 rings (SSSR count). The first kappa shape index (κ1) is 35.0. The minimum Gasteiger partial charge on any atom is -0.504 e. The number of methoxy groups -OCH3 is 2. The molecule has 1 saturated carbocycles. The number of ketones is 1. The quantitative estimate of drug-likeness (QED) is 0.156. The van der Waals surface area contributed by atoms with E-state index in [9.17, 15) is 18.0 Å². The highest BCUT2D eigenvalue weighted by molar-refractivity contribution is 7.92. The minimum atomic E-state index is -4.13. The van der Waals surface area contributed by atoms with Gasteiger partial charge in [0, 0.05) is 38.1 Å². The second kappa shape index (κ2) is 15.0. The van der Waals surface area contributed by atoms with Crippen molar-refractivity contribution in [3.8, 4) is 0 Å². The van der Waals surface area contributed by atoms with E-state index in [1.807, 2.05) is 46.9 Å². The predicted octanol–water partition coefficient (Wildman–Crippen LogP) is 4.79. The van der Waals surface area contributed by atoms with E-state index in [0.717, 1.165) is 28.4 Å². The summed E-state index contributed by atoms with van der Waals surface area (Å²) >= 11 is 0. The topological polar surface area (TPSA) is 102 Å². The Bertz CT molecular complexity index is 1250. The van der Waals surface area contributed by atoms with Gasteiger partial charge in [-0.15, -0.1) is 0 Å². The molecule has 9 nitrogen and oxygen atoms in total. The minimum absolute atomic E-state index is 0.0387. The molecular weight excluding hydrogens is 568 g/mol. The normalized spacial score (nSPS) is 26.7. The summed E-state index contributed by atoms with van der Waals surface area (Å²) in [5.74, 6) is -0.721. The fourth-order valence-corrected chi connectivity index (χ4v) is 7.49. The number of carbonyl (C=O) groups is 2. The number of nitrogens with zero attached hydrogens (tertiary/aromatic N) is 2. The van der Waals surface area contributed by atoms with Gasteiger partial charge in [0.1, 0.15) is 0 Å². The molecule has 1 heterocycles. The molecule has 1 spiro atoms. The molecule has 2 atom stereocenters. The maximum atomic E-state index is 14.1. The highest BCUT2D eigenvalue weighted by atomic mass is 32.2. The average molecular weight is 619 g/mol. The Morgan fingerprint density at radius 3 is 2.47 bits per heavy atom. The highest BCUT2D eigenvalue weighted by Gasteiger charge is 2.61. The standard InChI is InChI=1S/C33H50N2O7S/c1-25-10-11-29-28(23-25)33(15-12-27(13-16-33)42-21-18-34(5)17-20-41-7)31(37)35(29)43(38,39)22-8-9-26(14-19-40-6)30(36)24-32(2,3)4/h8-11,14,19,22-23,27-29H,12-13,15-18,20-21,24H2,1-7H3/b19-14+,22-8+,26-9+. The van der Waals surface area contributed by atoms with Gasteiger partial charge in [-0.05, 0) is 57.2 Å². The smallest absolute Gasteiger partial charge is 0.260 e. The molecule has 0 aromatic rings. The van der Waals surface area contributed by atoms with E-state index in [4.69, 9.17) is 14.2 Å². The van der Waals surface area contributed by atoms with Gasteiger partial charge in [0.15, 0.2) is 5.78 Å². The molecule has 240 valence electrons. The molecule has 3 aliphatic rings. The van der Waals surface area contributed by atoms with Gasteiger partial charge < -0.3 is 19.1 Å². The van der Waals surface area contributed by atoms with Crippen molar-refractivity contribution in [1.82, 2.24) is 9.21 Å². The zero-order valence-electron chi connectivity index (χ0n) is 26.9. The van der Waals surface area contributed by atoms with Crippen LogP contribution in [0.2, 0.25) is 0 Å². The third kappa shape index (κ3) is 9.00. The SMILES string of the molecule is CO/C=C/C(=C\C=C\S(=O)(=O)N1C(=O)C2(CCC(OCCN(C)CCOC)CC2)C2C=C(C)C=CC21)C(=O)CC(C)(C)C. The summed E-state index contributed by atoms with van der Waals surface area (Å²) in [4.78, 5) is 29.1. The van der Waals surface area contributed by atoms with Crippen molar-refractivity contribution >= 4 is 21.7 Å². The second-order valence-electron chi connectivity index (χ2n) is 13.1. The maximum Gasteiger partial charge on any atom is 0.260 e. The van der Waals surface area contributed by atoms with Crippen LogP contribution in [0.25, 0.3) is 0 Å². The number of amides is 1. The van der Waals surface area contributed by atoms with Crippen molar-refractivity contribution in [3.63, 3.8) is 0 Å². The van der Waals surface area contributed by atoms with Crippen LogP contribution < -0.4 is 0 Å². The summed E-state index contributed by atoms with van der Waals surface area (Å²) in [6, 6.07) is -0.586. The van der Waals surface area contributed by atoms with Crippen LogP contribution in [0.3, 0.4) is 0 Å². The fraction of sp³-hybridized carbons (Fsp3) is 0.636. The third-order valence-electron chi connectivity index (χ3n) is 8.43. The number of Topliss-reactive ketones (excluding diaryl/α,β-unsaturated/α-hetero) is 1. The van der Waals surface area contributed by atoms with Gasteiger partial charge in [0.25, 0.3) is 10.0 Å². The van der Waals surface area contributed by atoms with Crippen LogP contribution in [0.15, 0.2) is 59.3 Å². The maximum absolute atomic E-state index is 14.1. The van der Waals surface area contributed by atoms with E-state index >= 15 is 0 Å². The highest BCUT2D eigenvalue weighted by Crippen LogP contribution is 2.54. The largest absolute Gasteiger partial charge is 0.504 e. The number of allylic oxidation sites excluding steroid dienone is 6. The van der Waals surface area contributed by atoms with E-state index in [2.05, 4.69) is 11.0 Å². The van der Waals surface area contributed by atoms with Crippen LogP contribution in [0.1, 0.15) is 59.8 Å². The van der Waals surface area contributed by atoms with E-state index in [-0.39, 0.29) is 35.5 Å².